The van der Waals surface area contributed by atoms with E-state index in [1.54, 1.807) is 0 Å². The quantitative estimate of drug-likeness (QED) is 0.660. The van der Waals surface area contributed by atoms with Crippen molar-refractivity contribution in [2.24, 2.45) is 5.41 Å². The van der Waals surface area contributed by atoms with Crippen molar-refractivity contribution < 1.29 is 27.8 Å². The number of ether oxygens (including phenoxy) is 1. The fourth-order valence-electron chi connectivity index (χ4n) is 5.13. The van der Waals surface area contributed by atoms with Gasteiger partial charge in [0.15, 0.2) is 0 Å². The number of aromatic nitrogens is 1. The van der Waals surface area contributed by atoms with Gasteiger partial charge in [-0.3, -0.25) is 9.88 Å². The molecule has 4 rings (SSSR count). The van der Waals surface area contributed by atoms with Crippen LogP contribution in [0, 0.1) is 5.41 Å². The van der Waals surface area contributed by atoms with Crippen molar-refractivity contribution in [2.75, 3.05) is 19.6 Å². The second-order valence-electron chi connectivity index (χ2n) is 9.26. The molecule has 6 nitrogen and oxygen atoms in total. The van der Waals surface area contributed by atoms with E-state index in [4.69, 9.17) is 4.74 Å². The summed E-state index contributed by atoms with van der Waals surface area (Å²) < 4.78 is 45.9. The molecule has 1 N–H and O–H groups in total. The Labute approximate surface area is 191 Å². The lowest BCUT2D eigenvalue weighted by molar-refractivity contribution is -0.138. The number of piperidine rings is 1. The lowest BCUT2D eigenvalue weighted by Gasteiger charge is -2.60. The molecule has 2 fully saturated rings. The third kappa shape index (κ3) is 4.93. The van der Waals surface area contributed by atoms with Crippen molar-refractivity contribution in [3.8, 4) is 5.75 Å². The zero-order valence-corrected chi connectivity index (χ0v) is 18.7. The predicted molar refractivity (Wildman–Crippen MR) is 116 cm³/mol. The molecule has 2 aliphatic rings. The Morgan fingerprint density at radius 2 is 1.97 bits per heavy atom. The van der Waals surface area contributed by atoms with Gasteiger partial charge in [0.05, 0.1) is 11.7 Å². The Morgan fingerprint density at radius 3 is 2.61 bits per heavy atom. The topological polar surface area (TPSA) is 65.9 Å². The maximum Gasteiger partial charge on any atom is 0.417 e. The van der Waals surface area contributed by atoms with E-state index in [-0.39, 0.29) is 17.6 Å². The number of hydrogen-bond donors (Lipinski definition) is 1. The molecule has 3 heterocycles. The van der Waals surface area contributed by atoms with Crippen LogP contribution in [0.5, 0.6) is 5.75 Å². The minimum atomic E-state index is -4.47. The molecule has 1 amide bonds. The first-order valence-corrected chi connectivity index (χ1v) is 11.1. The fraction of sp³-hybridized carbons (Fsp3) is 0.500. The average molecular weight is 464 g/mol. The van der Waals surface area contributed by atoms with Gasteiger partial charge in [0, 0.05) is 50.0 Å². The van der Waals surface area contributed by atoms with Crippen molar-refractivity contribution in [1.29, 1.82) is 0 Å². The number of benzene rings is 1. The summed E-state index contributed by atoms with van der Waals surface area (Å²) in [6.45, 7) is 5.91. The monoisotopic (exact) mass is 463 g/mol. The first-order valence-electron chi connectivity index (χ1n) is 11.1. The Hall–Kier alpha value is -2.81. The van der Waals surface area contributed by atoms with Gasteiger partial charge >= 0.3 is 12.3 Å². The van der Waals surface area contributed by atoms with Gasteiger partial charge in [0.1, 0.15) is 5.75 Å². The number of nitrogens with zero attached hydrogens (tertiary/aromatic N) is 3. The Morgan fingerprint density at radius 1 is 1.24 bits per heavy atom. The van der Waals surface area contributed by atoms with Crippen LogP contribution in [-0.4, -0.2) is 51.7 Å². The van der Waals surface area contributed by atoms with Gasteiger partial charge in [-0.15, -0.1) is 0 Å². The zero-order valence-electron chi connectivity index (χ0n) is 18.7. The van der Waals surface area contributed by atoms with E-state index < -0.39 is 17.8 Å². The van der Waals surface area contributed by atoms with Crippen LogP contribution in [0.1, 0.15) is 49.4 Å². The molecule has 2 aromatic rings. The van der Waals surface area contributed by atoms with Crippen LogP contribution in [0.15, 0.2) is 42.7 Å². The maximum atomic E-state index is 13.4. The van der Waals surface area contributed by atoms with Gasteiger partial charge in [-0.05, 0) is 56.0 Å². The maximum absolute atomic E-state index is 13.4. The molecule has 0 radical (unpaired) electrons. The molecule has 0 bridgehead atoms. The summed E-state index contributed by atoms with van der Waals surface area (Å²) >= 11 is 0. The third-order valence-corrected chi connectivity index (χ3v) is 6.55. The van der Waals surface area contributed by atoms with Crippen molar-refractivity contribution in [2.45, 2.75) is 51.6 Å². The van der Waals surface area contributed by atoms with Gasteiger partial charge in [-0.25, -0.2) is 4.79 Å². The molecule has 0 saturated carbocycles. The van der Waals surface area contributed by atoms with Gasteiger partial charge in [0.25, 0.3) is 0 Å². The lowest BCUT2D eigenvalue weighted by Crippen LogP contribution is -2.62. The number of halogens is 3. The van der Waals surface area contributed by atoms with E-state index in [1.807, 2.05) is 38.1 Å². The average Bonchev–Trinajstić information content (AvgIpc) is 2.73. The summed E-state index contributed by atoms with van der Waals surface area (Å²) in [7, 11) is 0. The lowest BCUT2D eigenvalue weighted by atomic mass is 9.63. The predicted octanol–water partition coefficient (Wildman–Crippen LogP) is 5.20. The summed E-state index contributed by atoms with van der Waals surface area (Å²) in [5.74, 6) is 0.754. The number of likely N-dealkylation sites (tertiary alicyclic amines) is 2. The standard InChI is InChI=1S/C24H28F3N3O3/c1-16(2)33-20-5-3-4-17(10-20)14-30-15-23(6-8-29(9-7-23)22(31)32)21(30)18-11-19(13-28-12-18)24(25,26)27/h3-5,10-13,16,21H,6-9,14-15H2,1-2H3,(H,31,32). The van der Waals surface area contributed by atoms with Crippen LogP contribution in [-0.2, 0) is 12.7 Å². The molecule has 9 heteroatoms. The second-order valence-corrected chi connectivity index (χ2v) is 9.26. The highest BCUT2D eigenvalue weighted by molar-refractivity contribution is 5.65. The highest BCUT2D eigenvalue weighted by Gasteiger charge is 2.54. The van der Waals surface area contributed by atoms with Crippen molar-refractivity contribution in [3.63, 3.8) is 0 Å². The summed E-state index contributed by atoms with van der Waals surface area (Å²) in [6, 6.07) is 8.66. The molecule has 33 heavy (non-hydrogen) atoms. The molecule has 0 aliphatic carbocycles. The number of pyridine rings is 1. The SMILES string of the molecule is CC(C)Oc1cccc(CN2CC3(CCN(C(=O)O)CC3)C2c2cncc(C(F)(F)F)c2)c1. The van der Waals surface area contributed by atoms with Gasteiger partial charge in [-0.2, -0.15) is 13.2 Å². The minimum absolute atomic E-state index is 0.0379. The minimum Gasteiger partial charge on any atom is -0.491 e. The number of rotatable bonds is 5. The number of amides is 1. The molecule has 1 aromatic carbocycles. The summed E-state index contributed by atoms with van der Waals surface area (Å²) in [5, 5.41) is 9.31. The molecular formula is C24H28F3N3O3. The summed E-state index contributed by atoms with van der Waals surface area (Å²) in [6.07, 6.45) is -1.83. The fourth-order valence-corrected chi connectivity index (χ4v) is 5.13. The van der Waals surface area contributed by atoms with Gasteiger partial charge < -0.3 is 14.7 Å². The van der Waals surface area contributed by atoms with Crippen LogP contribution in [0.3, 0.4) is 0 Å². The molecule has 1 atom stereocenters. The molecule has 2 saturated heterocycles. The van der Waals surface area contributed by atoms with Crippen LogP contribution < -0.4 is 4.74 Å². The molecule has 1 unspecified atom stereocenters. The van der Waals surface area contributed by atoms with E-state index in [9.17, 15) is 23.1 Å². The highest BCUT2D eigenvalue weighted by atomic mass is 19.4. The highest BCUT2D eigenvalue weighted by Crippen LogP contribution is 2.55. The van der Waals surface area contributed by atoms with E-state index >= 15 is 0 Å². The smallest absolute Gasteiger partial charge is 0.417 e. The Kier molecular flexibility index (Phi) is 6.26. The summed E-state index contributed by atoms with van der Waals surface area (Å²) in [4.78, 5) is 18.8. The van der Waals surface area contributed by atoms with Gasteiger partial charge in [0.2, 0.25) is 0 Å². The number of hydrogen-bond acceptors (Lipinski definition) is 4. The first kappa shape index (κ1) is 23.4. The molecular weight excluding hydrogens is 435 g/mol. The molecule has 2 aliphatic heterocycles. The van der Waals surface area contributed by atoms with E-state index in [0.29, 0.717) is 44.6 Å². The van der Waals surface area contributed by atoms with Crippen LogP contribution in [0.25, 0.3) is 0 Å². The second kappa shape index (κ2) is 8.85. The molecule has 1 spiro atoms. The molecule has 1 aromatic heterocycles. The van der Waals surface area contributed by atoms with Crippen molar-refractivity contribution in [3.05, 3.63) is 59.4 Å². The zero-order chi connectivity index (χ0) is 23.8. The van der Waals surface area contributed by atoms with E-state index in [2.05, 4.69) is 9.88 Å². The van der Waals surface area contributed by atoms with Crippen LogP contribution >= 0.6 is 0 Å². The van der Waals surface area contributed by atoms with Crippen LogP contribution in [0.4, 0.5) is 18.0 Å². The largest absolute Gasteiger partial charge is 0.491 e. The number of carbonyl (C=O) groups is 1. The van der Waals surface area contributed by atoms with Crippen LogP contribution in [0.2, 0.25) is 0 Å². The molecule has 178 valence electrons. The number of alkyl halides is 3. The number of carboxylic acid groups (broad SMARTS) is 1. The van der Waals surface area contributed by atoms with E-state index in [1.165, 1.54) is 17.2 Å². The van der Waals surface area contributed by atoms with Gasteiger partial charge in [-0.1, -0.05) is 12.1 Å². The summed E-state index contributed by atoms with van der Waals surface area (Å²) in [5.41, 5.74) is 0.492. The third-order valence-electron chi connectivity index (χ3n) is 6.55. The van der Waals surface area contributed by atoms with Crippen molar-refractivity contribution >= 4 is 6.09 Å². The Balaban J connectivity index is 1.61. The van der Waals surface area contributed by atoms with E-state index in [0.717, 1.165) is 17.5 Å². The Bertz CT molecular complexity index is 1000. The van der Waals surface area contributed by atoms with Crippen molar-refractivity contribution in [1.82, 2.24) is 14.8 Å². The first-order chi connectivity index (χ1) is 15.6. The normalized spacial score (nSPS) is 20.7.